The molecule has 2 aromatic rings. The lowest BCUT2D eigenvalue weighted by molar-refractivity contribution is 0.262. The van der Waals surface area contributed by atoms with E-state index in [1.54, 1.807) is 24.3 Å². The van der Waals surface area contributed by atoms with Gasteiger partial charge in [0.1, 0.15) is 0 Å². The molecule has 0 unspecified atom stereocenters. The zero-order chi connectivity index (χ0) is 17.5. The Morgan fingerprint density at radius 3 is 1.96 bits per heavy atom. The lowest BCUT2D eigenvalue weighted by atomic mass is 10.1. The fourth-order valence-electron chi connectivity index (χ4n) is 2.13. The molecule has 2 rings (SSSR count). The van der Waals surface area contributed by atoms with E-state index in [0.717, 1.165) is 17.0 Å². The zero-order valence-electron chi connectivity index (χ0n) is 13.9. The van der Waals surface area contributed by atoms with E-state index < -0.39 is 0 Å². The average molecular weight is 322 g/mol. The number of rotatable bonds is 5. The lowest BCUT2D eigenvalue weighted by Crippen LogP contribution is -2.19. The van der Waals surface area contributed by atoms with Gasteiger partial charge in [-0.1, -0.05) is 24.8 Å². The van der Waals surface area contributed by atoms with Crippen molar-refractivity contribution >= 4 is 28.8 Å². The Bertz CT molecular complexity index is 746. The molecule has 0 fully saturated rings. The molecule has 124 valence electrons. The van der Waals surface area contributed by atoms with Crippen LogP contribution in [-0.2, 0) is 0 Å². The smallest absolute Gasteiger partial charge is 0.323 e. The van der Waals surface area contributed by atoms with Gasteiger partial charge in [0.2, 0.25) is 0 Å². The monoisotopic (exact) mass is 322 g/mol. The molecule has 0 aliphatic rings. The van der Waals surface area contributed by atoms with Crippen molar-refractivity contribution in [1.29, 1.82) is 0 Å². The number of amides is 2. The Kier molecular flexibility index (Phi) is 5.63. The first kappa shape index (κ1) is 17.1. The van der Waals surface area contributed by atoms with Gasteiger partial charge >= 0.3 is 6.03 Å². The van der Waals surface area contributed by atoms with Gasteiger partial charge in [-0.2, -0.15) is 0 Å². The Hall–Kier alpha value is -3.21. The van der Waals surface area contributed by atoms with Crippen molar-refractivity contribution < 1.29 is 4.79 Å². The second kappa shape index (κ2) is 7.87. The number of anilines is 3. The number of carbonyl (C=O) groups excluding carboxylic acids is 1. The summed E-state index contributed by atoms with van der Waals surface area (Å²) >= 11 is 0. The Morgan fingerprint density at radius 1 is 1.00 bits per heavy atom. The molecule has 0 bridgehead atoms. The van der Waals surface area contributed by atoms with E-state index in [2.05, 4.69) is 22.5 Å². The lowest BCUT2D eigenvalue weighted by Gasteiger charge is -2.12. The van der Waals surface area contributed by atoms with E-state index in [9.17, 15) is 4.79 Å². The number of carbonyl (C=O) groups is 1. The van der Waals surface area contributed by atoms with Crippen LogP contribution >= 0.6 is 0 Å². The molecule has 2 amide bonds. The number of urea groups is 1. The van der Waals surface area contributed by atoms with Gasteiger partial charge in [0.05, 0.1) is 0 Å². The maximum atomic E-state index is 12.0. The van der Waals surface area contributed by atoms with Crippen LogP contribution in [0, 0.1) is 0 Å². The predicted octanol–water partition coefficient (Wildman–Crippen LogP) is 4.40. The van der Waals surface area contributed by atoms with Gasteiger partial charge in [0.15, 0.2) is 0 Å². The van der Waals surface area contributed by atoms with Crippen LogP contribution in [0.2, 0.25) is 0 Å². The number of hydrogen-bond acceptors (Lipinski definition) is 3. The molecule has 0 aliphatic heterocycles. The van der Waals surface area contributed by atoms with Gasteiger partial charge in [-0.25, -0.2) is 4.79 Å². The SMILES string of the molecule is C=C(C)N/C(=C\C)c1ccc(NC(=O)Nc2ccc(N)cc2)cc1. The summed E-state index contributed by atoms with van der Waals surface area (Å²) in [6.07, 6.45) is 1.98. The largest absolute Gasteiger partial charge is 0.399 e. The van der Waals surface area contributed by atoms with Crippen LogP contribution in [0.4, 0.5) is 21.9 Å². The summed E-state index contributed by atoms with van der Waals surface area (Å²) in [6.45, 7) is 7.71. The van der Waals surface area contributed by atoms with Crippen LogP contribution in [0.15, 0.2) is 66.9 Å². The molecule has 0 heterocycles. The fraction of sp³-hybridized carbons (Fsp3) is 0.105. The van der Waals surface area contributed by atoms with Crippen LogP contribution in [-0.4, -0.2) is 6.03 Å². The van der Waals surface area contributed by atoms with Crippen molar-refractivity contribution in [2.75, 3.05) is 16.4 Å². The highest BCUT2D eigenvalue weighted by Gasteiger charge is 2.04. The number of benzene rings is 2. The fourth-order valence-corrected chi connectivity index (χ4v) is 2.13. The molecule has 0 saturated heterocycles. The Balaban J connectivity index is 1.99. The first-order chi connectivity index (χ1) is 11.5. The predicted molar refractivity (Wildman–Crippen MR) is 102 cm³/mol. The van der Waals surface area contributed by atoms with Crippen molar-refractivity contribution in [1.82, 2.24) is 5.32 Å². The molecule has 0 spiro atoms. The number of hydrogen-bond donors (Lipinski definition) is 4. The number of allylic oxidation sites excluding steroid dienone is 2. The van der Waals surface area contributed by atoms with Crippen molar-refractivity contribution in [3.63, 3.8) is 0 Å². The molecule has 0 saturated carbocycles. The normalized spacial score (nSPS) is 10.8. The van der Waals surface area contributed by atoms with Gasteiger partial charge < -0.3 is 21.7 Å². The maximum Gasteiger partial charge on any atom is 0.323 e. The first-order valence-corrected chi connectivity index (χ1v) is 7.61. The van der Waals surface area contributed by atoms with Gasteiger partial charge in [0, 0.05) is 28.5 Å². The minimum absolute atomic E-state index is 0.307. The van der Waals surface area contributed by atoms with Gasteiger partial charge in [-0.05, 0) is 55.8 Å². The van der Waals surface area contributed by atoms with Crippen LogP contribution < -0.4 is 21.7 Å². The summed E-state index contributed by atoms with van der Waals surface area (Å²) in [5.74, 6) is 0. The molecule has 24 heavy (non-hydrogen) atoms. The van der Waals surface area contributed by atoms with E-state index in [1.165, 1.54) is 0 Å². The summed E-state index contributed by atoms with van der Waals surface area (Å²) in [4.78, 5) is 12.0. The number of nitrogens with one attached hydrogen (secondary N) is 3. The molecule has 0 aliphatic carbocycles. The van der Waals surface area contributed by atoms with Crippen molar-refractivity contribution in [3.8, 4) is 0 Å². The molecule has 2 aromatic carbocycles. The van der Waals surface area contributed by atoms with E-state index >= 15 is 0 Å². The van der Waals surface area contributed by atoms with Crippen molar-refractivity contribution in [3.05, 3.63) is 72.4 Å². The van der Waals surface area contributed by atoms with Crippen LogP contribution in [0.3, 0.4) is 0 Å². The molecule has 5 nitrogen and oxygen atoms in total. The van der Waals surface area contributed by atoms with Crippen LogP contribution in [0.25, 0.3) is 5.70 Å². The highest BCUT2D eigenvalue weighted by molar-refractivity contribution is 5.99. The minimum Gasteiger partial charge on any atom is -0.399 e. The molecular weight excluding hydrogens is 300 g/mol. The molecule has 5 heteroatoms. The van der Waals surface area contributed by atoms with E-state index in [-0.39, 0.29) is 6.03 Å². The highest BCUT2D eigenvalue weighted by atomic mass is 16.2. The number of nitrogens with two attached hydrogens (primary N) is 1. The van der Waals surface area contributed by atoms with Gasteiger partial charge in [0.25, 0.3) is 0 Å². The third-order valence-corrected chi connectivity index (χ3v) is 3.26. The Morgan fingerprint density at radius 2 is 1.50 bits per heavy atom. The molecule has 5 N–H and O–H groups in total. The molecule has 0 aromatic heterocycles. The molecular formula is C19H22N4O. The van der Waals surface area contributed by atoms with Crippen LogP contribution in [0.1, 0.15) is 19.4 Å². The van der Waals surface area contributed by atoms with E-state index in [0.29, 0.717) is 17.1 Å². The summed E-state index contributed by atoms with van der Waals surface area (Å²) in [7, 11) is 0. The van der Waals surface area contributed by atoms with Crippen molar-refractivity contribution in [2.24, 2.45) is 0 Å². The average Bonchev–Trinajstić information content (AvgIpc) is 2.55. The third-order valence-electron chi connectivity index (χ3n) is 3.26. The Labute approximate surface area is 142 Å². The number of nitrogen functional groups attached to an aromatic ring is 1. The van der Waals surface area contributed by atoms with Crippen molar-refractivity contribution in [2.45, 2.75) is 13.8 Å². The highest BCUT2D eigenvalue weighted by Crippen LogP contribution is 2.17. The van der Waals surface area contributed by atoms with Gasteiger partial charge in [-0.3, -0.25) is 0 Å². The standard InChI is InChI=1S/C19H22N4O/c1-4-18(21-13(2)3)14-5-9-16(10-6-14)22-19(24)23-17-11-7-15(20)8-12-17/h4-12,21H,2,20H2,1,3H3,(H2,22,23,24)/b18-4-. The topological polar surface area (TPSA) is 79.2 Å². The summed E-state index contributed by atoms with van der Waals surface area (Å²) in [6, 6.07) is 14.2. The third kappa shape index (κ3) is 4.91. The summed E-state index contributed by atoms with van der Waals surface area (Å²) in [5, 5.41) is 8.74. The van der Waals surface area contributed by atoms with Gasteiger partial charge in [-0.15, -0.1) is 0 Å². The summed E-state index contributed by atoms with van der Waals surface area (Å²) < 4.78 is 0. The quantitative estimate of drug-likeness (QED) is 0.616. The van der Waals surface area contributed by atoms with E-state index in [1.807, 2.05) is 44.2 Å². The molecule has 0 atom stereocenters. The van der Waals surface area contributed by atoms with E-state index in [4.69, 9.17) is 5.73 Å². The zero-order valence-corrected chi connectivity index (χ0v) is 13.9. The van der Waals surface area contributed by atoms with Crippen LogP contribution in [0.5, 0.6) is 0 Å². The minimum atomic E-state index is -0.307. The second-order valence-corrected chi connectivity index (χ2v) is 5.39. The molecule has 0 radical (unpaired) electrons. The first-order valence-electron chi connectivity index (χ1n) is 7.61. The second-order valence-electron chi connectivity index (χ2n) is 5.39. The maximum absolute atomic E-state index is 12.0. The summed E-state index contributed by atoms with van der Waals surface area (Å²) in [5.41, 5.74) is 10.5.